The molecule has 0 saturated heterocycles. The zero-order chi connectivity index (χ0) is 19.8. The molecule has 27 heavy (non-hydrogen) atoms. The van der Waals surface area contributed by atoms with E-state index < -0.39 is 10.8 Å². The highest BCUT2D eigenvalue weighted by atomic mass is 32.1. The van der Waals surface area contributed by atoms with E-state index >= 15 is 0 Å². The molecule has 2 aromatic carbocycles. The highest BCUT2D eigenvalue weighted by molar-refractivity contribution is 7.80. The van der Waals surface area contributed by atoms with Gasteiger partial charge in [0.05, 0.1) is 4.92 Å². The van der Waals surface area contributed by atoms with Crippen LogP contribution in [0.25, 0.3) is 6.08 Å². The summed E-state index contributed by atoms with van der Waals surface area (Å²) in [5.74, 6) is -0.701. The molecule has 0 aliphatic carbocycles. The third kappa shape index (κ3) is 6.01. The van der Waals surface area contributed by atoms with E-state index in [1.165, 1.54) is 43.5 Å². The number of anilines is 1. The number of carbonyl (C=O) groups is 2. The molecule has 2 rings (SSSR count). The molecular weight excluding hydrogens is 368 g/mol. The first kappa shape index (κ1) is 19.7. The Morgan fingerprint density at radius 1 is 1.15 bits per heavy atom. The fourth-order valence-corrected chi connectivity index (χ4v) is 2.30. The van der Waals surface area contributed by atoms with E-state index in [1.807, 2.05) is 0 Å². The Hall–Kier alpha value is -3.59. The van der Waals surface area contributed by atoms with Crippen molar-refractivity contribution in [2.45, 2.75) is 0 Å². The molecule has 138 valence electrons. The number of hydrogen-bond acceptors (Lipinski definition) is 5. The van der Waals surface area contributed by atoms with Gasteiger partial charge in [-0.3, -0.25) is 25.0 Å². The van der Waals surface area contributed by atoms with Gasteiger partial charge in [-0.1, -0.05) is 6.07 Å². The molecule has 0 aliphatic rings. The number of non-ortho nitro benzene ring substituents is 1. The Morgan fingerprint density at radius 2 is 1.85 bits per heavy atom. The molecule has 0 heterocycles. The molecule has 2 amide bonds. The predicted octanol–water partition coefficient (Wildman–Crippen LogP) is 2.48. The van der Waals surface area contributed by atoms with Gasteiger partial charge < -0.3 is 10.6 Å². The fourth-order valence-electron chi connectivity index (χ4n) is 2.08. The van der Waals surface area contributed by atoms with Crippen LogP contribution in [0.4, 0.5) is 11.4 Å². The van der Waals surface area contributed by atoms with E-state index in [0.717, 1.165) is 0 Å². The monoisotopic (exact) mass is 384 g/mol. The molecule has 0 aromatic heterocycles. The van der Waals surface area contributed by atoms with Crippen molar-refractivity contribution in [2.75, 3.05) is 12.4 Å². The van der Waals surface area contributed by atoms with Crippen LogP contribution in [0.1, 0.15) is 15.9 Å². The van der Waals surface area contributed by atoms with Crippen molar-refractivity contribution in [2.24, 2.45) is 0 Å². The van der Waals surface area contributed by atoms with Crippen LogP contribution in [0.2, 0.25) is 0 Å². The molecular formula is C18H16N4O4S. The van der Waals surface area contributed by atoms with Crippen molar-refractivity contribution in [1.29, 1.82) is 0 Å². The van der Waals surface area contributed by atoms with E-state index in [2.05, 4.69) is 16.0 Å². The van der Waals surface area contributed by atoms with Gasteiger partial charge in [-0.2, -0.15) is 0 Å². The van der Waals surface area contributed by atoms with Crippen LogP contribution in [0.15, 0.2) is 54.6 Å². The summed E-state index contributed by atoms with van der Waals surface area (Å²) in [6, 6.07) is 12.4. The number of thiocarbonyl (C=S) groups is 1. The second-order valence-electron chi connectivity index (χ2n) is 5.29. The largest absolute Gasteiger partial charge is 0.355 e. The van der Waals surface area contributed by atoms with Crippen LogP contribution in [0.3, 0.4) is 0 Å². The van der Waals surface area contributed by atoms with E-state index in [9.17, 15) is 19.7 Å². The Labute approximate surface area is 160 Å². The molecule has 0 fully saturated rings. The van der Waals surface area contributed by atoms with E-state index in [0.29, 0.717) is 16.8 Å². The Morgan fingerprint density at radius 3 is 2.48 bits per heavy atom. The molecule has 0 radical (unpaired) electrons. The molecule has 0 aliphatic heterocycles. The average Bonchev–Trinajstić information content (AvgIpc) is 2.66. The normalized spacial score (nSPS) is 10.3. The second-order valence-corrected chi connectivity index (χ2v) is 5.69. The first-order valence-corrected chi connectivity index (χ1v) is 8.16. The van der Waals surface area contributed by atoms with E-state index in [1.54, 1.807) is 24.3 Å². The molecule has 0 spiro atoms. The standard InChI is InChI=1S/C18H16N4O4S/c1-19-17(24)13-3-2-4-14(11-13)20-18(27)21-16(23)10-7-12-5-8-15(9-6-12)22(25)26/h2-11H,1H3,(H,19,24)(H2,20,21,23,27)/b10-7+. The molecule has 0 saturated carbocycles. The maximum absolute atomic E-state index is 11.9. The van der Waals surface area contributed by atoms with Crippen molar-refractivity contribution in [3.8, 4) is 0 Å². The summed E-state index contributed by atoms with van der Waals surface area (Å²) < 4.78 is 0. The minimum atomic E-state index is -0.497. The smallest absolute Gasteiger partial charge is 0.269 e. The highest BCUT2D eigenvalue weighted by Gasteiger charge is 2.06. The second kappa shape index (κ2) is 9.20. The number of hydrogen-bond donors (Lipinski definition) is 3. The molecule has 9 heteroatoms. The van der Waals surface area contributed by atoms with Gasteiger partial charge in [0, 0.05) is 36.5 Å². The van der Waals surface area contributed by atoms with Crippen molar-refractivity contribution in [3.05, 3.63) is 75.8 Å². The molecule has 3 N–H and O–H groups in total. The van der Waals surface area contributed by atoms with E-state index in [-0.39, 0.29) is 16.7 Å². The minimum absolute atomic E-state index is 0.0269. The minimum Gasteiger partial charge on any atom is -0.355 e. The Kier molecular flexibility index (Phi) is 6.73. The number of carbonyl (C=O) groups excluding carboxylic acids is 2. The first-order valence-electron chi connectivity index (χ1n) is 7.75. The van der Waals surface area contributed by atoms with Crippen molar-refractivity contribution in [3.63, 3.8) is 0 Å². The molecule has 0 unspecified atom stereocenters. The molecule has 2 aromatic rings. The number of rotatable bonds is 5. The Balaban J connectivity index is 1.92. The van der Waals surface area contributed by atoms with E-state index in [4.69, 9.17) is 12.2 Å². The highest BCUT2D eigenvalue weighted by Crippen LogP contribution is 2.13. The van der Waals surface area contributed by atoms with Gasteiger partial charge in [-0.15, -0.1) is 0 Å². The van der Waals surface area contributed by atoms with Gasteiger partial charge in [0.2, 0.25) is 5.91 Å². The number of nitro groups is 1. The van der Waals surface area contributed by atoms with Crippen LogP contribution in [-0.4, -0.2) is 28.9 Å². The van der Waals surface area contributed by atoms with Gasteiger partial charge in [0.1, 0.15) is 0 Å². The van der Waals surface area contributed by atoms with Crippen LogP contribution in [0.5, 0.6) is 0 Å². The fraction of sp³-hybridized carbons (Fsp3) is 0.0556. The van der Waals surface area contributed by atoms with Crippen molar-refractivity contribution in [1.82, 2.24) is 10.6 Å². The van der Waals surface area contributed by atoms with Gasteiger partial charge in [0.15, 0.2) is 5.11 Å². The maximum Gasteiger partial charge on any atom is 0.269 e. The van der Waals surface area contributed by atoms with Gasteiger partial charge >= 0.3 is 0 Å². The third-order valence-electron chi connectivity index (χ3n) is 3.38. The van der Waals surface area contributed by atoms with Crippen LogP contribution < -0.4 is 16.0 Å². The summed E-state index contributed by atoms with van der Waals surface area (Å²) >= 11 is 5.07. The summed E-state index contributed by atoms with van der Waals surface area (Å²) in [5, 5.41) is 18.5. The van der Waals surface area contributed by atoms with Crippen LogP contribution in [0, 0.1) is 10.1 Å². The van der Waals surface area contributed by atoms with Crippen LogP contribution >= 0.6 is 12.2 Å². The topological polar surface area (TPSA) is 113 Å². The first-order chi connectivity index (χ1) is 12.9. The zero-order valence-corrected chi connectivity index (χ0v) is 15.1. The number of nitrogens with one attached hydrogen (secondary N) is 3. The summed E-state index contributed by atoms with van der Waals surface area (Å²) in [6.45, 7) is 0. The van der Waals surface area contributed by atoms with Gasteiger partial charge in [-0.25, -0.2) is 0 Å². The third-order valence-corrected chi connectivity index (χ3v) is 3.58. The summed E-state index contributed by atoms with van der Waals surface area (Å²) in [4.78, 5) is 33.6. The van der Waals surface area contributed by atoms with Gasteiger partial charge in [-0.05, 0) is 54.2 Å². The lowest BCUT2D eigenvalue weighted by molar-refractivity contribution is -0.384. The van der Waals surface area contributed by atoms with Gasteiger partial charge in [0.25, 0.3) is 11.6 Å². The quantitative estimate of drug-likeness (QED) is 0.316. The number of benzene rings is 2. The summed E-state index contributed by atoms with van der Waals surface area (Å²) in [7, 11) is 1.53. The summed E-state index contributed by atoms with van der Waals surface area (Å²) in [6.07, 6.45) is 2.77. The number of nitrogens with zero attached hydrogens (tertiary/aromatic N) is 1. The maximum atomic E-state index is 11.9. The SMILES string of the molecule is CNC(=O)c1cccc(NC(=S)NC(=O)/C=C/c2ccc([N+](=O)[O-])cc2)c1. The number of amides is 2. The lowest BCUT2D eigenvalue weighted by Crippen LogP contribution is -2.32. The average molecular weight is 384 g/mol. The molecule has 0 bridgehead atoms. The van der Waals surface area contributed by atoms with Crippen LogP contribution in [-0.2, 0) is 4.79 Å². The predicted molar refractivity (Wildman–Crippen MR) is 106 cm³/mol. The zero-order valence-electron chi connectivity index (χ0n) is 14.3. The molecule has 8 nitrogen and oxygen atoms in total. The lowest BCUT2D eigenvalue weighted by Gasteiger charge is -2.09. The lowest BCUT2D eigenvalue weighted by atomic mass is 10.2. The number of nitro benzene ring substituents is 1. The Bertz CT molecular complexity index is 910. The summed E-state index contributed by atoms with van der Waals surface area (Å²) in [5.41, 5.74) is 1.62. The van der Waals surface area contributed by atoms with Crippen molar-refractivity contribution >= 4 is 46.6 Å². The molecule has 0 atom stereocenters. The van der Waals surface area contributed by atoms with Crippen molar-refractivity contribution < 1.29 is 14.5 Å².